The van der Waals surface area contributed by atoms with Gasteiger partial charge in [-0.15, -0.1) is 0 Å². The summed E-state index contributed by atoms with van der Waals surface area (Å²) in [5, 5.41) is 3.35. The Morgan fingerprint density at radius 3 is 2.10 bits per heavy atom. The molecule has 0 spiro atoms. The van der Waals surface area contributed by atoms with Gasteiger partial charge in [0.1, 0.15) is 0 Å². The molecule has 1 rings (SSSR count). The summed E-state index contributed by atoms with van der Waals surface area (Å²) in [6, 6.07) is 0.453. The SMILES string of the molecule is COCCN(CCOC)c1ncc(CNC(C)C)cn1. The van der Waals surface area contributed by atoms with Crippen LogP contribution in [-0.4, -0.2) is 56.5 Å². The Balaban J connectivity index is 2.61. The van der Waals surface area contributed by atoms with Gasteiger partial charge in [-0.3, -0.25) is 0 Å². The van der Waals surface area contributed by atoms with Crippen molar-refractivity contribution in [2.24, 2.45) is 0 Å². The van der Waals surface area contributed by atoms with Crippen LogP contribution in [0.4, 0.5) is 5.95 Å². The first kappa shape index (κ1) is 16.8. The molecule has 0 aliphatic heterocycles. The molecule has 6 nitrogen and oxygen atoms in total. The fourth-order valence-corrected chi connectivity index (χ4v) is 1.64. The highest BCUT2D eigenvalue weighted by Gasteiger charge is 2.09. The van der Waals surface area contributed by atoms with Gasteiger partial charge in [0.25, 0.3) is 0 Å². The van der Waals surface area contributed by atoms with Crippen molar-refractivity contribution in [3.05, 3.63) is 18.0 Å². The van der Waals surface area contributed by atoms with Crippen LogP contribution < -0.4 is 10.2 Å². The summed E-state index contributed by atoms with van der Waals surface area (Å²) >= 11 is 0. The number of hydrogen-bond acceptors (Lipinski definition) is 6. The van der Waals surface area contributed by atoms with Crippen molar-refractivity contribution in [2.45, 2.75) is 26.4 Å². The van der Waals surface area contributed by atoms with Crippen LogP contribution in [0.3, 0.4) is 0 Å². The molecule has 0 amide bonds. The molecule has 0 fully saturated rings. The number of methoxy groups -OCH3 is 2. The van der Waals surface area contributed by atoms with Crippen LogP contribution in [0.5, 0.6) is 0 Å². The first-order valence-corrected chi connectivity index (χ1v) is 6.94. The van der Waals surface area contributed by atoms with Gasteiger partial charge < -0.3 is 19.7 Å². The van der Waals surface area contributed by atoms with Gasteiger partial charge in [0.05, 0.1) is 13.2 Å². The smallest absolute Gasteiger partial charge is 0.225 e. The standard InChI is InChI=1S/C14H26N4O2/c1-12(2)15-9-13-10-16-14(17-11-13)18(5-7-19-3)6-8-20-4/h10-12,15H,5-9H2,1-4H3. The molecule has 0 aliphatic rings. The van der Waals surface area contributed by atoms with Crippen LogP contribution in [0.1, 0.15) is 19.4 Å². The maximum Gasteiger partial charge on any atom is 0.225 e. The van der Waals surface area contributed by atoms with Crippen molar-refractivity contribution in [1.82, 2.24) is 15.3 Å². The van der Waals surface area contributed by atoms with E-state index in [2.05, 4.69) is 34.0 Å². The predicted molar refractivity (Wildman–Crippen MR) is 80.0 cm³/mol. The first-order chi connectivity index (χ1) is 9.67. The number of anilines is 1. The molecule has 0 saturated heterocycles. The highest BCUT2D eigenvalue weighted by Crippen LogP contribution is 2.07. The van der Waals surface area contributed by atoms with E-state index in [1.807, 2.05) is 12.4 Å². The van der Waals surface area contributed by atoms with E-state index >= 15 is 0 Å². The van der Waals surface area contributed by atoms with E-state index in [0.717, 1.165) is 25.2 Å². The number of nitrogens with zero attached hydrogens (tertiary/aromatic N) is 3. The van der Waals surface area contributed by atoms with Crippen LogP contribution in [-0.2, 0) is 16.0 Å². The van der Waals surface area contributed by atoms with Crippen molar-refractivity contribution >= 4 is 5.95 Å². The molecule has 0 aromatic carbocycles. The third-order valence-corrected chi connectivity index (χ3v) is 2.82. The number of ether oxygens (including phenoxy) is 2. The summed E-state index contributed by atoms with van der Waals surface area (Å²) in [7, 11) is 3.38. The minimum Gasteiger partial charge on any atom is -0.383 e. The van der Waals surface area contributed by atoms with Gasteiger partial charge in [-0.25, -0.2) is 9.97 Å². The Hall–Kier alpha value is -1.24. The van der Waals surface area contributed by atoms with E-state index in [1.54, 1.807) is 14.2 Å². The molecule has 6 heteroatoms. The Morgan fingerprint density at radius 2 is 1.65 bits per heavy atom. The molecule has 1 aromatic heterocycles. The van der Waals surface area contributed by atoms with Crippen molar-refractivity contribution in [3.63, 3.8) is 0 Å². The van der Waals surface area contributed by atoms with Crippen LogP contribution in [0.25, 0.3) is 0 Å². The summed E-state index contributed by atoms with van der Waals surface area (Å²) in [6.07, 6.45) is 3.73. The van der Waals surface area contributed by atoms with Crippen LogP contribution in [0.15, 0.2) is 12.4 Å². The van der Waals surface area contributed by atoms with Gasteiger partial charge in [-0.2, -0.15) is 0 Å². The molecule has 1 heterocycles. The van der Waals surface area contributed by atoms with Crippen LogP contribution in [0, 0.1) is 0 Å². The Labute approximate surface area is 121 Å². The van der Waals surface area contributed by atoms with E-state index in [-0.39, 0.29) is 0 Å². The molecule has 20 heavy (non-hydrogen) atoms. The van der Waals surface area contributed by atoms with Gasteiger partial charge in [-0.1, -0.05) is 13.8 Å². The molecular weight excluding hydrogens is 256 g/mol. The molecule has 0 atom stereocenters. The molecule has 0 bridgehead atoms. The lowest BCUT2D eigenvalue weighted by Crippen LogP contribution is -2.32. The number of nitrogens with one attached hydrogen (secondary N) is 1. The summed E-state index contributed by atoms with van der Waals surface area (Å²) in [4.78, 5) is 10.9. The fourth-order valence-electron chi connectivity index (χ4n) is 1.64. The normalized spacial score (nSPS) is 11.1. The number of hydrogen-bond donors (Lipinski definition) is 1. The van der Waals surface area contributed by atoms with Gasteiger partial charge in [0.2, 0.25) is 5.95 Å². The minimum absolute atomic E-state index is 0.453. The molecule has 0 aliphatic carbocycles. The lowest BCUT2D eigenvalue weighted by molar-refractivity contribution is 0.189. The van der Waals surface area contributed by atoms with Gasteiger partial charge in [0.15, 0.2) is 0 Å². The van der Waals surface area contributed by atoms with E-state index in [0.29, 0.717) is 25.2 Å². The maximum atomic E-state index is 5.11. The highest BCUT2D eigenvalue weighted by molar-refractivity contribution is 5.29. The van der Waals surface area contributed by atoms with Gasteiger partial charge in [0, 0.05) is 57.9 Å². The van der Waals surface area contributed by atoms with E-state index in [4.69, 9.17) is 9.47 Å². The number of aromatic nitrogens is 2. The average Bonchev–Trinajstić information content (AvgIpc) is 2.46. The maximum absolute atomic E-state index is 5.11. The van der Waals surface area contributed by atoms with E-state index in [1.165, 1.54) is 0 Å². The van der Waals surface area contributed by atoms with Crippen molar-refractivity contribution < 1.29 is 9.47 Å². The second-order valence-corrected chi connectivity index (χ2v) is 4.90. The first-order valence-electron chi connectivity index (χ1n) is 6.94. The second kappa shape index (κ2) is 9.63. The molecule has 0 unspecified atom stereocenters. The summed E-state index contributed by atoms with van der Waals surface area (Å²) in [5.41, 5.74) is 1.08. The molecule has 1 aromatic rings. The van der Waals surface area contributed by atoms with Crippen LogP contribution in [0.2, 0.25) is 0 Å². The molecule has 1 N–H and O–H groups in total. The molecular formula is C14H26N4O2. The summed E-state index contributed by atoms with van der Waals surface area (Å²) in [5.74, 6) is 0.715. The average molecular weight is 282 g/mol. The van der Waals surface area contributed by atoms with Crippen molar-refractivity contribution in [2.75, 3.05) is 45.4 Å². The van der Waals surface area contributed by atoms with Crippen molar-refractivity contribution in [1.29, 1.82) is 0 Å². The fraction of sp³-hybridized carbons (Fsp3) is 0.714. The lowest BCUT2D eigenvalue weighted by Gasteiger charge is -2.21. The van der Waals surface area contributed by atoms with Gasteiger partial charge in [-0.05, 0) is 0 Å². The Kier molecular flexibility index (Phi) is 8.10. The van der Waals surface area contributed by atoms with E-state index in [9.17, 15) is 0 Å². The van der Waals surface area contributed by atoms with Gasteiger partial charge >= 0.3 is 0 Å². The largest absolute Gasteiger partial charge is 0.383 e. The lowest BCUT2D eigenvalue weighted by atomic mass is 10.3. The predicted octanol–water partition coefficient (Wildman–Crippen LogP) is 1.07. The topological polar surface area (TPSA) is 59.5 Å². The minimum atomic E-state index is 0.453. The van der Waals surface area contributed by atoms with E-state index < -0.39 is 0 Å². The zero-order valence-electron chi connectivity index (χ0n) is 12.9. The Bertz CT molecular complexity index is 349. The van der Waals surface area contributed by atoms with Crippen LogP contribution >= 0.6 is 0 Å². The molecule has 0 radical (unpaired) electrons. The zero-order chi connectivity index (χ0) is 14.8. The highest BCUT2D eigenvalue weighted by atomic mass is 16.5. The molecule has 114 valence electrons. The molecule has 0 saturated carbocycles. The summed E-state index contributed by atoms with van der Waals surface area (Å²) in [6.45, 7) is 7.81. The second-order valence-electron chi connectivity index (χ2n) is 4.90. The Morgan fingerprint density at radius 1 is 1.10 bits per heavy atom. The monoisotopic (exact) mass is 282 g/mol. The quantitative estimate of drug-likeness (QED) is 0.693. The van der Waals surface area contributed by atoms with Crippen molar-refractivity contribution in [3.8, 4) is 0 Å². The zero-order valence-corrected chi connectivity index (χ0v) is 12.9. The third-order valence-electron chi connectivity index (χ3n) is 2.82. The number of rotatable bonds is 10. The third kappa shape index (κ3) is 6.27. The summed E-state index contributed by atoms with van der Waals surface area (Å²) < 4.78 is 10.2.